The van der Waals surface area contributed by atoms with Crippen LogP contribution < -0.4 is 5.32 Å². The van der Waals surface area contributed by atoms with E-state index < -0.39 is 5.97 Å². The molecule has 0 aliphatic carbocycles. The summed E-state index contributed by atoms with van der Waals surface area (Å²) in [5.74, 6) is 1.32. The fraction of sp³-hybridized carbons (Fsp3) is 0.231. The van der Waals surface area contributed by atoms with Gasteiger partial charge in [-0.2, -0.15) is 0 Å². The number of carboxylic acid groups (broad SMARTS) is 1. The number of aliphatic carboxylic acids is 1. The van der Waals surface area contributed by atoms with Crippen LogP contribution >= 0.6 is 0 Å². The number of hydrogen-bond acceptors (Lipinski definition) is 2. The first-order valence-corrected chi connectivity index (χ1v) is 5.08. The molecule has 0 saturated heterocycles. The second-order valence-corrected chi connectivity index (χ2v) is 3.34. The van der Waals surface area contributed by atoms with Gasteiger partial charge in [-0.25, -0.2) is 0 Å². The number of rotatable bonds is 2. The number of amides is 1. The molecule has 1 amide bonds. The Kier molecular flexibility index (Phi) is 4.18. The lowest BCUT2D eigenvalue weighted by atomic mass is 10.1. The molecule has 1 aliphatic rings. The van der Waals surface area contributed by atoms with Crippen molar-refractivity contribution in [2.75, 3.05) is 0 Å². The first-order chi connectivity index (χ1) is 8.56. The zero-order valence-electron chi connectivity index (χ0n) is 10.2. The van der Waals surface area contributed by atoms with Crippen LogP contribution in [0.1, 0.15) is 30.1 Å². The number of carboxylic acids is 1. The molecular formula is C13H13NO3. The highest BCUT2D eigenvalue weighted by Crippen LogP contribution is 2.13. The molecule has 0 fully saturated rings. The Bertz CT molecular complexity index is 505. The van der Waals surface area contributed by atoms with Gasteiger partial charge in [0.15, 0.2) is 0 Å². The zero-order valence-corrected chi connectivity index (χ0v) is 9.19. The number of carbonyl (C=O) groups excluding carboxylic acids is 1. The maximum absolute atomic E-state index is 11.0. The third-order valence-electron chi connectivity index (χ3n) is 2.10. The molecular weight excluding hydrogens is 218 g/mol. The summed E-state index contributed by atoms with van der Waals surface area (Å²) in [6, 6.07) is 5.61. The quantitative estimate of drug-likeness (QED) is 0.758. The first kappa shape index (κ1) is 11.2. The van der Waals surface area contributed by atoms with E-state index in [2.05, 4.69) is 11.2 Å². The summed E-state index contributed by atoms with van der Waals surface area (Å²) in [4.78, 5) is 20.7. The van der Waals surface area contributed by atoms with Crippen LogP contribution in [0.3, 0.4) is 0 Å². The second kappa shape index (κ2) is 6.33. The summed E-state index contributed by atoms with van der Waals surface area (Å²) < 4.78 is 7.45. The maximum Gasteiger partial charge on any atom is 0.304 e. The molecule has 0 radical (unpaired) electrons. The molecule has 2 N–H and O–H groups in total. The van der Waals surface area contributed by atoms with E-state index in [4.69, 9.17) is 12.9 Å². The molecule has 0 saturated carbocycles. The topological polar surface area (TPSA) is 66.4 Å². The summed E-state index contributed by atoms with van der Waals surface area (Å²) in [7, 11) is 0. The zero-order chi connectivity index (χ0) is 13.5. The van der Waals surface area contributed by atoms with E-state index in [0.29, 0.717) is 24.6 Å². The van der Waals surface area contributed by atoms with Crippen LogP contribution in [0.25, 0.3) is 0 Å². The van der Waals surface area contributed by atoms with Crippen molar-refractivity contribution in [3.05, 3.63) is 35.4 Å². The Morgan fingerprint density at radius 3 is 2.94 bits per heavy atom. The number of hydrogen-bond donors (Lipinski definition) is 2. The van der Waals surface area contributed by atoms with Crippen LogP contribution in [0.5, 0.6) is 0 Å². The molecule has 0 spiro atoms. The van der Waals surface area contributed by atoms with E-state index in [9.17, 15) is 9.59 Å². The third kappa shape index (κ3) is 3.99. The monoisotopic (exact) mass is 232 g/mol. The highest BCUT2D eigenvalue weighted by Gasteiger charge is 2.16. The van der Waals surface area contributed by atoms with Crippen LogP contribution in [-0.4, -0.2) is 17.0 Å². The minimum absolute atomic E-state index is 0.0610. The van der Waals surface area contributed by atoms with Gasteiger partial charge in [-0.1, -0.05) is 18.2 Å². The summed E-state index contributed by atoms with van der Waals surface area (Å²) in [5, 5.41) is 10.6. The van der Waals surface area contributed by atoms with Gasteiger partial charge in [0.05, 0.1) is 7.79 Å². The smallest absolute Gasteiger partial charge is 0.304 e. The van der Waals surface area contributed by atoms with Crippen molar-refractivity contribution in [2.24, 2.45) is 0 Å². The number of fused-ring (bicyclic) bond motifs is 1. The molecule has 1 aromatic carbocycles. The van der Waals surface area contributed by atoms with Gasteiger partial charge in [0.2, 0.25) is 0 Å². The molecule has 88 valence electrons. The number of terminal acetylenes is 1. The van der Waals surface area contributed by atoms with Crippen molar-refractivity contribution in [3.8, 4) is 12.3 Å². The Hall–Kier alpha value is -2.28. The summed E-state index contributed by atoms with van der Waals surface area (Å²) in [6.45, 7) is 0.508. The van der Waals surface area contributed by atoms with Crippen LogP contribution in [0.4, 0.5) is 0 Å². The average molecular weight is 232 g/mol. The Balaban J connectivity index is 0.000000203. The standard InChI is InChI=1S/C8H7NO.C5H6O2/c10-8-7-4-2-1-3-6(7)5-9-8;1-2-3-4-5(6)7/h1-4H,5H2,(H,9,10);1H,3-4H2,(H,6,7)/i3D;. The van der Waals surface area contributed by atoms with E-state index in [1.807, 2.05) is 0 Å². The summed E-state index contributed by atoms with van der Waals surface area (Å²) in [6.07, 6.45) is 5.17. The van der Waals surface area contributed by atoms with E-state index in [-0.39, 0.29) is 12.3 Å². The number of carbonyl (C=O) groups is 2. The van der Waals surface area contributed by atoms with Gasteiger partial charge in [0, 0.05) is 18.5 Å². The van der Waals surface area contributed by atoms with Gasteiger partial charge in [-0.15, -0.1) is 12.3 Å². The van der Waals surface area contributed by atoms with Crippen LogP contribution in [-0.2, 0) is 11.3 Å². The minimum Gasteiger partial charge on any atom is -0.481 e. The van der Waals surface area contributed by atoms with Crippen molar-refractivity contribution < 1.29 is 16.1 Å². The van der Waals surface area contributed by atoms with Gasteiger partial charge in [-0.3, -0.25) is 9.59 Å². The van der Waals surface area contributed by atoms with Crippen molar-refractivity contribution in [3.63, 3.8) is 0 Å². The molecule has 0 bridgehead atoms. The minimum atomic E-state index is -0.835. The highest BCUT2D eigenvalue weighted by atomic mass is 16.4. The predicted octanol–water partition coefficient (Wildman–Crippen LogP) is 1.41. The molecule has 4 nitrogen and oxygen atoms in total. The molecule has 2 rings (SSSR count). The lowest BCUT2D eigenvalue weighted by molar-refractivity contribution is -0.136. The molecule has 4 heteroatoms. The Labute approximate surface area is 101 Å². The lowest BCUT2D eigenvalue weighted by Crippen LogP contribution is -2.12. The molecule has 17 heavy (non-hydrogen) atoms. The summed E-state index contributed by atoms with van der Waals surface area (Å²) >= 11 is 0. The van der Waals surface area contributed by atoms with Crippen LogP contribution in [0, 0.1) is 12.3 Å². The SMILES string of the molecule is C#CCCC(=O)O.[2H]c1cccc2c1CNC2=O. The van der Waals surface area contributed by atoms with Crippen LogP contribution in [0.15, 0.2) is 24.2 Å². The fourth-order valence-corrected chi connectivity index (χ4v) is 1.27. The molecule has 1 heterocycles. The van der Waals surface area contributed by atoms with E-state index in [1.54, 1.807) is 18.2 Å². The van der Waals surface area contributed by atoms with Crippen molar-refractivity contribution in [2.45, 2.75) is 19.4 Å². The molecule has 0 unspecified atom stereocenters. The van der Waals surface area contributed by atoms with Crippen molar-refractivity contribution in [1.82, 2.24) is 5.32 Å². The fourth-order valence-electron chi connectivity index (χ4n) is 1.27. The molecule has 1 aromatic rings. The van der Waals surface area contributed by atoms with Gasteiger partial charge in [0.25, 0.3) is 5.91 Å². The van der Waals surface area contributed by atoms with Gasteiger partial charge >= 0.3 is 5.97 Å². The van der Waals surface area contributed by atoms with E-state index in [0.717, 1.165) is 5.56 Å². The van der Waals surface area contributed by atoms with Crippen molar-refractivity contribution in [1.29, 1.82) is 0 Å². The predicted molar refractivity (Wildman–Crippen MR) is 63.3 cm³/mol. The second-order valence-electron chi connectivity index (χ2n) is 3.34. The molecule has 0 atom stereocenters. The normalized spacial score (nSPS) is 12.4. The largest absolute Gasteiger partial charge is 0.481 e. The average Bonchev–Trinajstić information content (AvgIpc) is 2.71. The maximum atomic E-state index is 11.0. The van der Waals surface area contributed by atoms with Gasteiger partial charge < -0.3 is 10.4 Å². The van der Waals surface area contributed by atoms with Crippen LogP contribution in [0.2, 0.25) is 0 Å². The number of nitrogens with one attached hydrogen (secondary N) is 1. The highest BCUT2D eigenvalue weighted by molar-refractivity contribution is 5.98. The summed E-state index contributed by atoms with van der Waals surface area (Å²) in [5.41, 5.74) is 1.47. The van der Waals surface area contributed by atoms with Gasteiger partial charge in [-0.05, 0) is 11.6 Å². The third-order valence-corrected chi connectivity index (χ3v) is 2.10. The Morgan fingerprint density at radius 2 is 2.41 bits per heavy atom. The van der Waals surface area contributed by atoms with E-state index >= 15 is 0 Å². The Morgan fingerprint density at radius 1 is 1.65 bits per heavy atom. The number of benzene rings is 1. The molecule has 0 aromatic heterocycles. The van der Waals surface area contributed by atoms with Gasteiger partial charge in [0.1, 0.15) is 0 Å². The first-order valence-electron chi connectivity index (χ1n) is 5.58. The lowest BCUT2D eigenvalue weighted by Gasteiger charge is -1.89. The van der Waals surface area contributed by atoms with E-state index in [1.165, 1.54) is 0 Å². The molecule has 1 aliphatic heterocycles. The van der Waals surface area contributed by atoms with Crippen molar-refractivity contribution >= 4 is 11.9 Å².